The SMILES string of the molecule is CCCCCCCC(=O)SCCC[Si]1(OC)OCCC(CCC)CNO1. The Balaban J connectivity index is 2.19. The maximum Gasteiger partial charge on any atom is 0.517 e. The molecule has 5 nitrogen and oxygen atoms in total. The van der Waals surface area contributed by atoms with Gasteiger partial charge in [-0.2, -0.15) is 0 Å². The van der Waals surface area contributed by atoms with Crippen molar-refractivity contribution in [1.82, 2.24) is 5.48 Å². The van der Waals surface area contributed by atoms with Crippen molar-refractivity contribution in [3.8, 4) is 0 Å². The van der Waals surface area contributed by atoms with Gasteiger partial charge in [0, 0.05) is 38.5 Å². The summed E-state index contributed by atoms with van der Waals surface area (Å²) in [6.45, 7) is 5.98. The van der Waals surface area contributed by atoms with Gasteiger partial charge in [-0.15, -0.1) is 0 Å². The third-order valence-electron chi connectivity index (χ3n) is 4.83. The van der Waals surface area contributed by atoms with Gasteiger partial charge in [0.25, 0.3) is 0 Å². The Morgan fingerprint density at radius 1 is 1.19 bits per heavy atom. The molecule has 7 heteroatoms. The topological polar surface area (TPSA) is 56.8 Å². The normalized spacial score (nSPS) is 24.2. The smallest absolute Gasteiger partial charge is 0.376 e. The maximum absolute atomic E-state index is 11.9. The summed E-state index contributed by atoms with van der Waals surface area (Å²) in [7, 11) is -0.966. The van der Waals surface area contributed by atoms with Gasteiger partial charge in [0.05, 0.1) is 0 Å². The molecule has 0 aliphatic carbocycles. The number of carbonyl (C=O) groups excluding carboxylic acids is 1. The maximum atomic E-state index is 11.9. The lowest BCUT2D eigenvalue weighted by Gasteiger charge is -2.32. The molecule has 0 saturated carbocycles. The van der Waals surface area contributed by atoms with Crippen molar-refractivity contribution in [3.05, 3.63) is 0 Å². The predicted octanol–water partition coefficient (Wildman–Crippen LogP) is 4.94. The fraction of sp³-hybridized carbons (Fsp3) is 0.947. The Kier molecular flexibility index (Phi) is 14.0. The zero-order valence-electron chi connectivity index (χ0n) is 17.0. The van der Waals surface area contributed by atoms with Crippen molar-refractivity contribution in [1.29, 1.82) is 0 Å². The molecule has 0 spiro atoms. The van der Waals surface area contributed by atoms with E-state index < -0.39 is 8.80 Å². The molecule has 2 unspecified atom stereocenters. The molecule has 0 aromatic rings. The minimum Gasteiger partial charge on any atom is -0.376 e. The van der Waals surface area contributed by atoms with Gasteiger partial charge in [-0.05, 0) is 31.6 Å². The predicted molar refractivity (Wildman–Crippen MR) is 111 cm³/mol. The van der Waals surface area contributed by atoms with Gasteiger partial charge in [-0.3, -0.25) is 9.32 Å². The van der Waals surface area contributed by atoms with Gasteiger partial charge in [0.15, 0.2) is 5.12 Å². The fourth-order valence-corrected chi connectivity index (χ4v) is 6.30. The Hall–Kier alpha value is 0.0769. The van der Waals surface area contributed by atoms with Crippen LogP contribution in [0.25, 0.3) is 0 Å². The van der Waals surface area contributed by atoms with Crippen LogP contribution in [0.3, 0.4) is 0 Å². The summed E-state index contributed by atoms with van der Waals surface area (Å²) in [6.07, 6.45) is 11.0. The molecule has 1 fully saturated rings. The highest BCUT2D eigenvalue weighted by atomic mass is 32.2. The molecule has 1 N–H and O–H groups in total. The molecule has 26 heavy (non-hydrogen) atoms. The lowest BCUT2D eigenvalue weighted by molar-refractivity contribution is -0.111. The van der Waals surface area contributed by atoms with Crippen molar-refractivity contribution in [2.75, 3.05) is 26.0 Å². The number of hydroxylamine groups is 1. The highest BCUT2D eigenvalue weighted by Gasteiger charge is 2.41. The van der Waals surface area contributed by atoms with E-state index >= 15 is 0 Å². The van der Waals surface area contributed by atoms with Crippen LogP contribution in [0, 0.1) is 5.92 Å². The number of nitrogens with one attached hydrogen (secondary N) is 1. The van der Waals surface area contributed by atoms with Crippen LogP contribution in [0.1, 0.15) is 78.1 Å². The average molecular weight is 406 g/mol. The summed E-state index contributed by atoms with van der Waals surface area (Å²) in [5.41, 5.74) is 3.10. The third-order valence-corrected chi connectivity index (χ3v) is 8.54. The van der Waals surface area contributed by atoms with E-state index in [2.05, 4.69) is 19.3 Å². The van der Waals surface area contributed by atoms with Crippen LogP contribution in [0.2, 0.25) is 6.04 Å². The molecule has 154 valence electrons. The average Bonchev–Trinajstić information content (AvgIpc) is 2.62. The summed E-state index contributed by atoms with van der Waals surface area (Å²) in [6, 6.07) is 0.756. The van der Waals surface area contributed by atoms with Crippen LogP contribution < -0.4 is 5.48 Å². The van der Waals surface area contributed by atoms with E-state index in [1.54, 1.807) is 7.11 Å². The van der Waals surface area contributed by atoms with Gasteiger partial charge in [0.2, 0.25) is 0 Å². The summed E-state index contributed by atoms with van der Waals surface area (Å²) < 4.78 is 17.6. The van der Waals surface area contributed by atoms with Gasteiger partial charge in [0.1, 0.15) is 0 Å². The van der Waals surface area contributed by atoms with Crippen LogP contribution in [-0.4, -0.2) is 39.9 Å². The molecule has 0 bridgehead atoms. The lowest BCUT2D eigenvalue weighted by Crippen LogP contribution is -2.51. The molecule has 1 aliphatic rings. The molecular weight excluding hydrogens is 366 g/mol. The van der Waals surface area contributed by atoms with Gasteiger partial charge in [-0.1, -0.05) is 57.7 Å². The molecular formula is C19H39NO4SSi. The van der Waals surface area contributed by atoms with Crippen LogP contribution in [0.4, 0.5) is 0 Å². The molecule has 0 amide bonds. The quantitative estimate of drug-likeness (QED) is 0.346. The van der Waals surface area contributed by atoms with E-state index in [1.165, 1.54) is 50.3 Å². The van der Waals surface area contributed by atoms with Crippen LogP contribution in [-0.2, 0) is 18.2 Å². The monoisotopic (exact) mass is 405 g/mol. The molecule has 0 radical (unpaired) electrons. The van der Waals surface area contributed by atoms with Crippen LogP contribution >= 0.6 is 11.8 Å². The first-order valence-electron chi connectivity index (χ1n) is 10.4. The van der Waals surface area contributed by atoms with Crippen molar-refractivity contribution < 1.29 is 18.2 Å². The number of carbonyl (C=O) groups is 1. The first-order valence-corrected chi connectivity index (χ1v) is 13.3. The van der Waals surface area contributed by atoms with E-state index in [0.717, 1.165) is 37.6 Å². The minimum atomic E-state index is -2.64. The van der Waals surface area contributed by atoms with Gasteiger partial charge >= 0.3 is 8.80 Å². The molecule has 0 aromatic heterocycles. The third kappa shape index (κ3) is 10.4. The molecule has 1 saturated heterocycles. The second-order valence-electron chi connectivity index (χ2n) is 7.12. The Bertz CT molecular complexity index is 363. The summed E-state index contributed by atoms with van der Waals surface area (Å²) in [4.78, 5) is 11.9. The van der Waals surface area contributed by atoms with Crippen molar-refractivity contribution in [2.45, 2.75) is 84.1 Å². The van der Waals surface area contributed by atoms with Crippen LogP contribution in [0.5, 0.6) is 0 Å². The number of hydrogen-bond donors (Lipinski definition) is 1. The van der Waals surface area contributed by atoms with E-state index in [-0.39, 0.29) is 0 Å². The highest BCUT2D eigenvalue weighted by Crippen LogP contribution is 2.23. The Labute approximate surface area is 165 Å². The van der Waals surface area contributed by atoms with Gasteiger partial charge in [-0.25, -0.2) is 5.48 Å². The summed E-state index contributed by atoms with van der Waals surface area (Å²) in [5, 5.41) is 0.315. The molecule has 2 atom stereocenters. The number of unbranched alkanes of at least 4 members (excludes halogenated alkanes) is 4. The summed E-state index contributed by atoms with van der Waals surface area (Å²) in [5.74, 6) is 1.42. The highest BCUT2D eigenvalue weighted by molar-refractivity contribution is 8.13. The van der Waals surface area contributed by atoms with Gasteiger partial charge < -0.3 is 8.85 Å². The molecule has 1 aliphatic heterocycles. The summed E-state index contributed by atoms with van der Waals surface area (Å²) >= 11 is 1.45. The Morgan fingerprint density at radius 3 is 2.73 bits per heavy atom. The fourth-order valence-electron chi connectivity index (χ4n) is 3.18. The van der Waals surface area contributed by atoms with Crippen molar-refractivity contribution in [2.24, 2.45) is 5.92 Å². The van der Waals surface area contributed by atoms with E-state index in [0.29, 0.717) is 24.1 Å². The number of hydrogen-bond acceptors (Lipinski definition) is 6. The minimum absolute atomic E-state index is 0.315. The molecule has 1 heterocycles. The van der Waals surface area contributed by atoms with E-state index in [1.807, 2.05) is 0 Å². The largest absolute Gasteiger partial charge is 0.517 e. The second-order valence-corrected chi connectivity index (χ2v) is 11.0. The lowest BCUT2D eigenvalue weighted by atomic mass is 10.0. The number of rotatable bonds is 13. The molecule has 0 aromatic carbocycles. The van der Waals surface area contributed by atoms with Crippen molar-refractivity contribution >= 4 is 25.7 Å². The first-order chi connectivity index (χ1) is 12.7. The molecule has 1 rings (SSSR count). The van der Waals surface area contributed by atoms with Crippen molar-refractivity contribution in [3.63, 3.8) is 0 Å². The zero-order valence-corrected chi connectivity index (χ0v) is 18.8. The Morgan fingerprint density at radius 2 is 2.00 bits per heavy atom. The van der Waals surface area contributed by atoms with Crippen LogP contribution in [0.15, 0.2) is 0 Å². The number of thioether (sulfide) groups is 1. The standard InChI is InChI=1S/C19H39NO4SSi/c1-4-6-7-8-9-12-19(21)25-15-10-16-26(22-3)23-14-13-18(11-5-2)17-20-24-26/h18,20H,4-17H2,1-3H3. The second kappa shape index (κ2) is 15.1. The van der Waals surface area contributed by atoms with E-state index in [9.17, 15) is 4.79 Å². The zero-order chi connectivity index (χ0) is 19.1. The first kappa shape index (κ1) is 24.1. The van der Waals surface area contributed by atoms with E-state index in [4.69, 9.17) is 13.4 Å².